The molecule has 0 saturated carbocycles. The van der Waals surface area contributed by atoms with Crippen LogP contribution in [0.1, 0.15) is 25.1 Å². The van der Waals surface area contributed by atoms with Crippen LogP contribution in [-0.2, 0) is 11.2 Å². The molecule has 1 atom stereocenters. The van der Waals surface area contributed by atoms with E-state index in [4.69, 9.17) is 0 Å². The number of carbonyl (C=O) groups excluding carboxylic acids is 1. The van der Waals surface area contributed by atoms with Crippen LogP contribution in [0.25, 0.3) is 0 Å². The Balaban J connectivity index is 2.29. The van der Waals surface area contributed by atoms with Crippen molar-refractivity contribution in [1.82, 2.24) is 5.32 Å². The smallest absolute Gasteiger partial charge is 0.139 e. The summed E-state index contributed by atoms with van der Waals surface area (Å²) in [5.74, 6) is 0.320. The van der Waals surface area contributed by atoms with E-state index in [0.29, 0.717) is 24.7 Å². The van der Waals surface area contributed by atoms with E-state index in [-0.39, 0.29) is 0 Å². The highest BCUT2D eigenvalue weighted by atomic mass is 32.1. The number of hydrogen-bond acceptors (Lipinski definition) is 3. The van der Waals surface area contributed by atoms with Gasteiger partial charge < -0.3 is 5.32 Å². The number of nitrogens with one attached hydrogen (secondary N) is 1. The highest BCUT2D eigenvalue weighted by molar-refractivity contribution is 7.10. The van der Waals surface area contributed by atoms with Gasteiger partial charge in [0.05, 0.1) is 0 Å². The van der Waals surface area contributed by atoms with Gasteiger partial charge >= 0.3 is 0 Å². The summed E-state index contributed by atoms with van der Waals surface area (Å²) in [7, 11) is 0. The normalized spacial score (nSPS) is 12.7. The highest BCUT2D eigenvalue weighted by Gasteiger charge is 2.08. The van der Waals surface area contributed by atoms with Crippen LogP contribution in [0.15, 0.2) is 17.5 Å². The molecule has 14 heavy (non-hydrogen) atoms. The van der Waals surface area contributed by atoms with Crippen LogP contribution >= 0.6 is 11.3 Å². The Morgan fingerprint density at radius 1 is 1.64 bits per heavy atom. The summed E-state index contributed by atoms with van der Waals surface area (Å²) in [4.78, 5) is 12.7. The minimum atomic E-state index is 0.299. The fourth-order valence-electron chi connectivity index (χ4n) is 1.44. The van der Waals surface area contributed by atoms with Gasteiger partial charge in [-0.05, 0) is 24.9 Å². The van der Waals surface area contributed by atoms with Crippen molar-refractivity contribution in [2.45, 2.75) is 32.7 Å². The van der Waals surface area contributed by atoms with Gasteiger partial charge in [0, 0.05) is 23.8 Å². The van der Waals surface area contributed by atoms with Gasteiger partial charge in [-0.15, -0.1) is 11.3 Å². The molecule has 0 bridgehead atoms. The molecule has 1 aromatic rings. The van der Waals surface area contributed by atoms with Crippen molar-refractivity contribution < 1.29 is 4.79 Å². The third kappa shape index (κ3) is 4.03. The molecule has 2 nitrogen and oxygen atoms in total. The zero-order chi connectivity index (χ0) is 10.4. The first-order valence-electron chi connectivity index (χ1n) is 4.99. The summed E-state index contributed by atoms with van der Waals surface area (Å²) in [6.45, 7) is 5.03. The summed E-state index contributed by atoms with van der Waals surface area (Å²) in [6, 6.07) is 4.30. The number of thiophene rings is 1. The van der Waals surface area contributed by atoms with E-state index in [9.17, 15) is 4.79 Å². The molecule has 0 fully saturated rings. The van der Waals surface area contributed by atoms with Crippen molar-refractivity contribution in [3.05, 3.63) is 22.4 Å². The standard InChI is InChI=1S/C11H17NOS/c1-3-12-9(2)7-10(13)8-11-5-4-6-14-11/h4-6,9,12H,3,7-8H2,1-2H3. The number of hydrogen-bond donors (Lipinski definition) is 1. The van der Waals surface area contributed by atoms with E-state index < -0.39 is 0 Å². The maximum Gasteiger partial charge on any atom is 0.139 e. The number of rotatable bonds is 6. The molecule has 0 amide bonds. The van der Waals surface area contributed by atoms with E-state index >= 15 is 0 Å². The second-order valence-corrected chi connectivity index (χ2v) is 4.49. The van der Waals surface area contributed by atoms with Crippen molar-refractivity contribution in [3.63, 3.8) is 0 Å². The van der Waals surface area contributed by atoms with Crippen LogP contribution in [0.3, 0.4) is 0 Å². The monoisotopic (exact) mass is 211 g/mol. The average molecular weight is 211 g/mol. The zero-order valence-corrected chi connectivity index (χ0v) is 9.56. The lowest BCUT2D eigenvalue weighted by Crippen LogP contribution is -2.28. The average Bonchev–Trinajstić information content (AvgIpc) is 2.56. The van der Waals surface area contributed by atoms with Gasteiger partial charge in [-0.2, -0.15) is 0 Å². The van der Waals surface area contributed by atoms with Gasteiger partial charge in [-0.25, -0.2) is 0 Å². The molecule has 1 unspecified atom stereocenters. The lowest BCUT2D eigenvalue weighted by Gasteiger charge is -2.10. The van der Waals surface area contributed by atoms with Crippen molar-refractivity contribution in [2.24, 2.45) is 0 Å². The lowest BCUT2D eigenvalue weighted by molar-refractivity contribution is -0.118. The minimum absolute atomic E-state index is 0.299. The van der Waals surface area contributed by atoms with E-state index in [2.05, 4.69) is 19.2 Å². The summed E-state index contributed by atoms with van der Waals surface area (Å²) >= 11 is 1.65. The first kappa shape index (κ1) is 11.4. The predicted octanol–water partition coefficient (Wildman–Crippen LogP) is 2.25. The van der Waals surface area contributed by atoms with E-state index in [1.54, 1.807) is 11.3 Å². The quantitative estimate of drug-likeness (QED) is 0.782. The van der Waals surface area contributed by atoms with Crippen LogP contribution in [0.4, 0.5) is 0 Å². The second kappa shape index (κ2) is 5.94. The Morgan fingerprint density at radius 3 is 3.00 bits per heavy atom. The minimum Gasteiger partial charge on any atom is -0.314 e. The third-order valence-corrected chi connectivity index (χ3v) is 2.91. The third-order valence-electron chi connectivity index (χ3n) is 2.04. The van der Waals surface area contributed by atoms with E-state index in [1.807, 2.05) is 17.5 Å². The Labute approximate surface area is 89.3 Å². The van der Waals surface area contributed by atoms with Crippen LogP contribution in [0, 0.1) is 0 Å². The van der Waals surface area contributed by atoms with Crippen LogP contribution < -0.4 is 5.32 Å². The summed E-state index contributed by atoms with van der Waals surface area (Å²) in [6.07, 6.45) is 1.22. The molecule has 1 N–H and O–H groups in total. The fraction of sp³-hybridized carbons (Fsp3) is 0.545. The van der Waals surface area contributed by atoms with Crippen molar-refractivity contribution >= 4 is 17.1 Å². The molecule has 0 aliphatic carbocycles. The van der Waals surface area contributed by atoms with Gasteiger partial charge in [0.2, 0.25) is 0 Å². The molecule has 0 radical (unpaired) electrons. The summed E-state index contributed by atoms with van der Waals surface area (Å²) < 4.78 is 0. The predicted molar refractivity (Wildman–Crippen MR) is 60.8 cm³/mol. The number of ketones is 1. The molecule has 1 rings (SSSR count). The molecule has 1 aromatic heterocycles. The number of Topliss-reactive ketones (excluding diaryl/α,β-unsaturated/α-hetero) is 1. The molecule has 0 spiro atoms. The van der Waals surface area contributed by atoms with Gasteiger partial charge in [0.25, 0.3) is 0 Å². The maximum atomic E-state index is 11.6. The van der Waals surface area contributed by atoms with E-state index in [0.717, 1.165) is 6.54 Å². The van der Waals surface area contributed by atoms with Gasteiger partial charge in [0.15, 0.2) is 0 Å². The summed E-state index contributed by atoms with van der Waals surface area (Å²) in [5, 5.41) is 5.25. The Hall–Kier alpha value is -0.670. The highest BCUT2D eigenvalue weighted by Crippen LogP contribution is 2.10. The zero-order valence-electron chi connectivity index (χ0n) is 8.75. The summed E-state index contributed by atoms with van der Waals surface area (Å²) in [5.41, 5.74) is 0. The molecule has 3 heteroatoms. The molecule has 1 heterocycles. The Bertz CT molecular complexity index is 269. The largest absolute Gasteiger partial charge is 0.314 e. The van der Waals surface area contributed by atoms with Crippen molar-refractivity contribution in [3.8, 4) is 0 Å². The van der Waals surface area contributed by atoms with Gasteiger partial charge in [-0.1, -0.05) is 13.0 Å². The van der Waals surface area contributed by atoms with E-state index in [1.165, 1.54) is 4.88 Å². The number of carbonyl (C=O) groups is 1. The first-order valence-corrected chi connectivity index (χ1v) is 5.87. The van der Waals surface area contributed by atoms with Gasteiger partial charge in [0.1, 0.15) is 5.78 Å². The lowest BCUT2D eigenvalue weighted by atomic mass is 10.1. The first-order chi connectivity index (χ1) is 6.72. The Kier molecular flexibility index (Phi) is 4.84. The molecule has 0 aliphatic heterocycles. The molecule has 0 aromatic carbocycles. The van der Waals surface area contributed by atoms with Gasteiger partial charge in [-0.3, -0.25) is 4.79 Å². The Morgan fingerprint density at radius 2 is 2.43 bits per heavy atom. The second-order valence-electron chi connectivity index (χ2n) is 3.46. The molecule has 0 saturated heterocycles. The van der Waals surface area contributed by atoms with Crippen LogP contribution in [-0.4, -0.2) is 18.4 Å². The molecular formula is C11H17NOS. The SMILES string of the molecule is CCNC(C)CC(=O)Cc1cccs1. The fourth-order valence-corrected chi connectivity index (χ4v) is 2.18. The van der Waals surface area contributed by atoms with Crippen molar-refractivity contribution in [1.29, 1.82) is 0 Å². The molecule has 78 valence electrons. The van der Waals surface area contributed by atoms with Crippen LogP contribution in [0.2, 0.25) is 0 Å². The van der Waals surface area contributed by atoms with Crippen LogP contribution in [0.5, 0.6) is 0 Å². The molecule has 0 aliphatic rings. The maximum absolute atomic E-state index is 11.6. The molecular weight excluding hydrogens is 194 g/mol. The van der Waals surface area contributed by atoms with Crippen molar-refractivity contribution in [2.75, 3.05) is 6.54 Å². The topological polar surface area (TPSA) is 29.1 Å².